The van der Waals surface area contributed by atoms with Crippen LogP contribution in [0, 0.1) is 0 Å². The molecule has 0 unspecified atom stereocenters. The van der Waals surface area contributed by atoms with Crippen molar-refractivity contribution in [2.24, 2.45) is 0 Å². The third kappa shape index (κ3) is 13.9. The first-order chi connectivity index (χ1) is 36.2. The highest BCUT2D eigenvalue weighted by molar-refractivity contribution is 6.01. The molecule has 0 aliphatic heterocycles. The molecule has 0 aromatic heterocycles. The number of carbonyl (C=O) groups is 3. The van der Waals surface area contributed by atoms with E-state index in [0.29, 0.717) is 90.6 Å². The number of amides is 6. The Kier molecular flexibility index (Phi) is 18.1. The zero-order valence-electron chi connectivity index (χ0n) is 42.7. The molecular weight excluding hydrogens is 929 g/mol. The molecule has 8 rings (SSSR count). The van der Waals surface area contributed by atoms with Gasteiger partial charge in [-0.1, -0.05) is 100 Å². The molecule has 0 saturated carbocycles. The van der Waals surface area contributed by atoms with Crippen LogP contribution in [0.1, 0.15) is 97.9 Å². The molecule has 1 aliphatic carbocycles. The van der Waals surface area contributed by atoms with E-state index in [0.717, 1.165) is 75.9 Å². The van der Waals surface area contributed by atoms with Crippen LogP contribution in [0.5, 0.6) is 23.0 Å². The molecule has 8 bridgehead atoms. The van der Waals surface area contributed by atoms with Gasteiger partial charge in [-0.05, 0) is 110 Å². The number of rotatable bonds is 18. The summed E-state index contributed by atoms with van der Waals surface area (Å²) in [4.78, 5) is 41.4. The van der Waals surface area contributed by atoms with Gasteiger partial charge < -0.3 is 50.8 Å². The Bertz CT molecular complexity index is 2860. The maximum atomic E-state index is 13.9. The fraction of sp³-hybridized carbons (Fsp3) is 0.262. The second kappa shape index (κ2) is 25.8. The highest BCUT2D eigenvalue weighted by Gasteiger charge is 2.25. The van der Waals surface area contributed by atoms with E-state index in [-0.39, 0.29) is 12.8 Å². The fourth-order valence-electron chi connectivity index (χ4n) is 9.01. The number of anilines is 6. The Morgan fingerprint density at radius 1 is 0.311 bits per heavy atom. The Labute approximate surface area is 434 Å². The lowest BCUT2D eigenvalue weighted by Gasteiger charge is -2.24. The molecule has 0 spiro atoms. The van der Waals surface area contributed by atoms with E-state index in [4.69, 9.17) is 18.9 Å². The second-order valence-corrected chi connectivity index (χ2v) is 18.2. The normalized spacial score (nSPS) is 11.6. The molecule has 1 aliphatic rings. The minimum atomic E-state index is -0.422. The molecule has 0 heterocycles. The first-order valence-corrected chi connectivity index (χ1v) is 25.7. The number of carbonyl (C=O) groups excluding carboxylic acids is 3. The fourth-order valence-corrected chi connectivity index (χ4v) is 9.01. The monoisotopic (exact) mass is 994 g/mol. The maximum Gasteiger partial charge on any atom is 0.323 e. The Morgan fingerprint density at radius 3 is 0.797 bits per heavy atom. The van der Waals surface area contributed by atoms with Crippen LogP contribution in [0.15, 0.2) is 146 Å². The topological polar surface area (TPSA) is 160 Å². The summed E-state index contributed by atoms with van der Waals surface area (Å²) in [6.07, 6.45) is 4.40. The molecule has 13 heteroatoms. The summed E-state index contributed by atoms with van der Waals surface area (Å²) in [6, 6.07) is 44.6. The molecule has 0 atom stereocenters. The second-order valence-electron chi connectivity index (χ2n) is 18.2. The van der Waals surface area contributed by atoms with Gasteiger partial charge in [0.25, 0.3) is 0 Å². The molecular formula is C61H66N6O7. The summed E-state index contributed by atoms with van der Waals surface area (Å²) >= 11 is 0. The van der Waals surface area contributed by atoms with E-state index >= 15 is 0 Å². The number of ether oxygens (including phenoxy) is 4. The number of fused-ring (bicyclic) bond motifs is 8. The predicted molar refractivity (Wildman–Crippen MR) is 297 cm³/mol. The highest BCUT2D eigenvalue weighted by Crippen LogP contribution is 2.42. The zero-order chi connectivity index (χ0) is 51.7. The van der Waals surface area contributed by atoms with E-state index in [9.17, 15) is 14.4 Å². The minimum Gasteiger partial charge on any atom is -0.493 e. The molecule has 382 valence electrons. The summed E-state index contributed by atoms with van der Waals surface area (Å²) in [5, 5.41) is 18.3. The zero-order valence-corrected chi connectivity index (χ0v) is 42.7. The SMILES string of the molecule is CCCOc1c2cccc1Cc1cc(NC(=O)Nc3ccccc3)cc(c1OCCC)Cc1cc(NC(=O)Nc3ccccc3)cc(c1OCCC)Cc1cc(NC(=O)Nc3ccccc3)cc(c1OCCC)C2. The van der Waals surface area contributed by atoms with Crippen molar-refractivity contribution in [2.45, 2.75) is 79.1 Å². The minimum absolute atomic E-state index is 0.286. The third-order valence-electron chi connectivity index (χ3n) is 12.1. The summed E-state index contributed by atoms with van der Waals surface area (Å²) in [5.41, 5.74) is 10.3. The van der Waals surface area contributed by atoms with Crippen LogP contribution in [-0.2, 0) is 25.7 Å². The van der Waals surface area contributed by atoms with Gasteiger partial charge in [-0.25, -0.2) is 14.4 Å². The first-order valence-electron chi connectivity index (χ1n) is 25.7. The van der Waals surface area contributed by atoms with Crippen molar-refractivity contribution in [2.75, 3.05) is 58.3 Å². The van der Waals surface area contributed by atoms with E-state index in [2.05, 4.69) is 71.7 Å². The van der Waals surface area contributed by atoms with Crippen LogP contribution in [-0.4, -0.2) is 44.5 Å². The summed E-state index contributed by atoms with van der Waals surface area (Å²) in [6.45, 7) is 10.1. The number of hydrogen-bond acceptors (Lipinski definition) is 7. The summed E-state index contributed by atoms with van der Waals surface area (Å²) < 4.78 is 27.1. The van der Waals surface area contributed by atoms with Gasteiger partial charge in [-0.2, -0.15) is 0 Å². The van der Waals surface area contributed by atoms with E-state index in [1.165, 1.54) is 0 Å². The number of urea groups is 3. The van der Waals surface area contributed by atoms with Crippen molar-refractivity contribution in [3.05, 3.63) is 190 Å². The average molecular weight is 995 g/mol. The number of hydrogen-bond donors (Lipinski definition) is 6. The van der Waals surface area contributed by atoms with Gasteiger partial charge in [-0.3, -0.25) is 0 Å². The standard InChI is InChI=1S/C61H66N6O7/c1-5-27-71-55-41-19-18-20-42(55)32-44-36-53(66-60(69)63-50-23-14-10-15-24-50)38-46(57(44)73-29-7-3)34-48-40-54(67-61(70)64-51-25-16-11-17-26-51)39-47(58(48)74-30-8-4)33-45-37-52(35-43(31-41)56(45)72-28-6-2)65-59(68)62-49-21-12-9-13-22-49/h9-26,35-40H,5-8,27-34H2,1-4H3,(H2,62,65,68)(H2,63,66,69)(H2,64,67,70). The smallest absolute Gasteiger partial charge is 0.323 e. The molecule has 74 heavy (non-hydrogen) atoms. The van der Waals surface area contributed by atoms with Gasteiger partial charge in [0.2, 0.25) is 0 Å². The quantitative estimate of drug-likeness (QED) is 0.0499. The number of nitrogens with one attached hydrogen (secondary N) is 6. The molecule has 0 radical (unpaired) electrons. The lowest BCUT2D eigenvalue weighted by atomic mass is 9.90. The lowest BCUT2D eigenvalue weighted by molar-refractivity contribution is 0.261. The van der Waals surface area contributed by atoms with Crippen LogP contribution in [0.4, 0.5) is 48.5 Å². The molecule has 7 aromatic carbocycles. The van der Waals surface area contributed by atoms with Gasteiger partial charge in [0.15, 0.2) is 0 Å². The third-order valence-corrected chi connectivity index (χ3v) is 12.1. The molecule has 6 N–H and O–H groups in total. The molecule has 0 saturated heterocycles. The van der Waals surface area contributed by atoms with Crippen molar-refractivity contribution in [1.82, 2.24) is 0 Å². The van der Waals surface area contributed by atoms with E-state index < -0.39 is 18.1 Å². The molecule has 0 fully saturated rings. The summed E-state index contributed by atoms with van der Waals surface area (Å²) in [5.74, 6) is 2.76. The average Bonchev–Trinajstić information content (AvgIpc) is 3.38. The van der Waals surface area contributed by atoms with Crippen molar-refractivity contribution in [1.29, 1.82) is 0 Å². The highest BCUT2D eigenvalue weighted by atomic mass is 16.5. The van der Waals surface area contributed by atoms with E-state index in [1.807, 2.05) is 133 Å². The van der Waals surface area contributed by atoms with Gasteiger partial charge in [0.05, 0.1) is 26.4 Å². The van der Waals surface area contributed by atoms with Crippen molar-refractivity contribution in [3.63, 3.8) is 0 Å². The van der Waals surface area contributed by atoms with Gasteiger partial charge in [-0.15, -0.1) is 0 Å². The number of benzene rings is 7. The van der Waals surface area contributed by atoms with Crippen molar-refractivity contribution < 1.29 is 33.3 Å². The molecule has 7 aromatic rings. The lowest BCUT2D eigenvalue weighted by Crippen LogP contribution is -2.20. The first kappa shape index (κ1) is 51.9. The van der Waals surface area contributed by atoms with Gasteiger partial charge >= 0.3 is 18.1 Å². The molecule has 6 amide bonds. The van der Waals surface area contributed by atoms with Crippen molar-refractivity contribution in [3.8, 4) is 23.0 Å². The maximum absolute atomic E-state index is 13.9. The Hall–Kier alpha value is -8.45. The predicted octanol–water partition coefficient (Wildman–Crippen LogP) is 14.5. The van der Waals surface area contributed by atoms with Gasteiger partial charge in [0, 0.05) is 93.2 Å². The van der Waals surface area contributed by atoms with Crippen LogP contribution < -0.4 is 50.8 Å². The number of para-hydroxylation sites is 4. The molecule has 13 nitrogen and oxygen atoms in total. The Morgan fingerprint density at radius 2 is 0.541 bits per heavy atom. The Balaban J connectivity index is 1.36. The summed E-state index contributed by atoms with van der Waals surface area (Å²) in [7, 11) is 0. The van der Waals surface area contributed by atoms with Crippen LogP contribution in [0.3, 0.4) is 0 Å². The van der Waals surface area contributed by atoms with E-state index in [1.54, 1.807) is 0 Å². The van der Waals surface area contributed by atoms with Gasteiger partial charge in [0.1, 0.15) is 23.0 Å². The van der Waals surface area contributed by atoms with Crippen LogP contribution >= 0.6 is 0 Å². The van der Waals surface area contributed by atoms with Crippen LogP contribution in [0.2, 0.25) is 0 Å². The largest absolute Gasteiger partial charge is 0.493 e. The van der Waals surface area contributed by atoms with Crippen LogP contribution in [0.25, 0.3) is 0 Å². The van der Waals surface area contributed by atoms with Crippen molar-refractivity contribution >= 4 is 52.2 Å².